The molecule has 0 bridgehead atoms. The van der Waals surface area contributed by atoms with Gasteiger partial charge in [-0.25, -0.2) is 4.98 Å². The molecule has 0 spiro atoms. The minimum absolute atomic E-state index is 0.00943. The number of hydrogen-bond acceptors (Lipinski definition) is 5. The number of H-pyrrole nitrogens is 1. The Morgan fingerprint density at radius 3 is 2.50 bits per heavy atom. The fraction of sp³-hybridized carbons (Fsp3) is 0.0909. The fourth-order valence-electron chi connectivity index (χ4n) is 1.26. The Morgan fingerprint density at radius 2 is 1.89 bits per heavy atom. The minimum Gasteiger partial charge on any atom is -0.358 e. The van der Waals surface area contributed by atoms with Crippen molar-refractivity contribution < 1.29 is 12.6 Å². The van der Waals surface area contributed by atoms with Crippen LogP contribution in [0.5, 0.6) is 5.88 Å². The van der Waals surface area contributed by atoms with Crippen molar-refractivity contribution in [3.05, 3.63) is 52.6 Å². The normalized spacial score (nSPS) is 11.2. The molecule has 6 nitrogen and oxygen atoms in total. The number of aryl methyl sites for hydroxylation is 1. The number of hydrogen-bond donors (Lipinski definition) is 1. The van der Waals surface area contributed by atoms with Crippen LogP contribution in [0.3, 0.4) is 0 Å². The van der Waals surface area contributed by atoms with E-state index in [0.717, 1.165) is 18.0 Å². The van der Waals surface area contributed by atoms with Gasteiger partial charge in [-0.3, -0.25) is 4.79 Å². The largest absolute Gasteiger partial charge is 0.358 e. The molecule has 0 unspecified atom stereocenters. The third kappa shape index (κ3) is 2.75. The van der Waals surface area contributed by atoms with Gasteiger partial charge in [0.05, 0.1) is 12.4 Å². The molecular formula is C11H10N2O4S. The lowest BCUT2D eigenvalue weighted by molar-refractivity contribution is 0.474. The highest BCUT2D eigenvalue weighted by atomic mass is 32.2. The molecule has 0 saturated carbocycles. The van der Waals surface area contributed by atoms with Crippen molar-refractivity contribution in [2.75, 3.05) is 0 Å². The van der Waals surface area contributed by atoms with Crippen LogP contribution in [0.2, 0.25) is 0 Å². The average Bonchev–Trinajstić information content (AvgIpc) is 2.29. The highest BCUT2D eigenvalue weighted by Crippen LogP contribution is 2.15. The predicted molar refractivity (Wildman–Crippen MR) is 63.9 cm³/mol. The van der Waals surface area contributed by atoms with Gasteiger partial charge in [0.2, 0.25) is 5.88 Å². The highest BCUT2D eigenvalue weighted by Gasteiger charge is 2.17. The topological polar surface area (TPSA) is 89.1 Å². The molecule has 1 aromatic heterocycles. The highest BCUT2D eigenvalue weighted by molar-refractivity contribution is 7.87. The van der Waals surface area contributed by atoms with Crippen molar-refractivity contribution in [3.63, 3.8) is 0 Å². The Labute approximate surface area is 103 Å². The molecule has 0 aliphatic heterocycles. The molecule has 1 aromatic carbocycles. The predicted octanol–water partition coefficient (Wildman–Crippen LogP) is 0.846. The number of rotatable bonds is 3. The number of aromatic nitrogens is 2. The Kier molecular flexibility index (Phi) is 3.15. The van der Waals surface area contributed by atoms with Crippen LogP contribution in [-0.4, -0.2) is 18.4 Å². The van der Waals surface area contributed by atoms with E-state index in [4.69, 9.17) is 4.18 Å². The van der Waals surface area contributed by atoms with E-state index in [1.807, 2.05) is 6.92 Å². The maximum absolute atomic E-state index is 11.8. The first kappa shape index (κ1) is 12.3. The molecule has 2 rings (SSSR count). The van der Waals surface area contributed by atoms with Crippen LogP contribution in [0.25, 0.3) is 0 Å². The maximum atomic E-state index is 11.8. The van der Waals surface area contributed by atoms with Crippen LogP contribution < -0.4 is 9.74 Å². The monoisotopic (exact) mass is 266 g/mol. The second kappa shape index (κ2) is 4.61. The number of nitrogens with one attached hydrogen (secondary N) is 1. The molecule has 0 atom stereocenters. The van der Waals surface area contributed by atoms with Gasteiger partial charge in [0.25, 0.3) is 5.56 Å². The maximum Gasteiger partial charge on any atom is 0.340 e. The van der Waals surface area contributed by atoms with E-state index < -0.39 is 15.7 Å². The Morgan fingerprint density at radius 1 is 1.22 bits per heavy atom. The first-order valence-electron chi connectivity index (χ1n) is 5.03. The molecule has 0 aliphatic rings. The lowest BCUT2D eigenvalue weighted by Gasteiger charge is -2.05. The molecule has 2 aromatic rings. The van der Waals surface area contributed by atoms with E-state index in [0.29, 0.717) is 0 Å². The summed E-state index contributed by atoms with van der Waals surface area (Å²) in [5.74, 6) is -0.265. The summed E-state index contributed by atoms with van der Waals surface area (Å²) >= 11 is 0. The summed E-state index contributed by atoms with van der Waals surface area (Å²) in [7, 11) is -3.96. The van der Waals surface area contributed by atoms with Crippen molar-refractivity contribution >= 4 is 10.1 Å². The van der Waals surface area contributed by atoms with Gasteiger partial charge in [-0.05, 0) is 19.1 Å². The average molecular weight is 266 g/mol. The molecule has 0 amide bonds. The quantitative estimate of drug-likeness (QED) is 0.832. The van der Waals surface area contributed by atoms with Gasteiger partial charge in [0.15, 0.2) is 0 Å². The zero-order valence-corrected chi connectivity index (χ0v) is 10.3. The zero-order chi connectivity index (χ0) is 13.2. The Balaban J connectivity index is 2.33. The summed E-state index contributed by atoms with van der Waals surface area (Å²) in [5.41, 5.74) is 0.447. The summed E-state index contributed by atoms with van der Waals surface area (Å²) in [4.78, 5) is 16.9. The van der Waals surface area contributed by atoms with Gasteiger partial charge >= 0.3 is 10.1 Å². The second-order valence-corrected chi connectivity index (χ2v) is 5.15. The second-order valence-electron chi connectivity index (χ2n) is 3.60. The molecule has 0 fully saturated rings. The van der Waals surface area contributed by atoms with E-state index in [1.165, 1.54) is 12.1 Å². The first-order valence-corrected chi connectivity index (χ1v) is 6.44. The number of benzene rings is 1. The van der Waals surface area contributed by atoms with Crippen LogP contribution in [-0.2, 0) is 10.1 Å². The van der Waals surface area contributed by atoms with Crippen molar-refractivity contribution in [3.8, 4) is 5.88 Å². The van der Waals surface area contributed by atoms with Crippen LogP contribution in [0, 0.1) is 6.92 Å². The summed E-state index contributed by atoms with van der Waals surface area (Å²) in [6.45, 7) is 1.84. The molecule has 0 aliphatic carbocycles. The van der Waals surface area contributed by atoms with Crippen LogP contribution in [0.1, 0.15) is 5.56 Å². The summed E-state index contributed by atoms with van der Waals surface area (Å²) in [6.07, 6.45) is 1.07. The van der Waals surface area contributed by atoms with Crippen LogP contribution in [0.4, 0.5) is 0 Å². The van der Waals surface area contributed by atoms with Gasteiger partial charge < -0.3 is 9.17 Å². The van der Waals surface area contributed by atoms with Gasteiger partial charge in [0.1, 0.15) is 4.90 Å². The molecular weight excluding hydrogens is 256 g/mol. The smallest absolute Gasteiger partial charge is 0.340 e. The van der Waals surface area contributed by atoms with Crippen molar-refractivity contribution in [1.82, 2.24) is 9.97 Å². The molecule has 94 valence electrons. The van der Waals surface area contributed by atoms with E-state index in [-0.39, 0.29) is 10.8 Å². The molecule has 0 radical (unpaired) electrons. The standard InChI is InChI=1S/C11H10N2O4S/c1-8-2-4-9(5-3-8)18(15,16)17-11-6-10(14)12-7-13-11/h2-7H,1H3,(H,12,13,14). The van der Waals surface area contributed by atoms with Gasteiger partial charge in [-0.1, -0.05) is 17.7 Å². The van der Waals surface area contributed by atoms with Crippen molar-refractivity contribution in [1.29, 1.82) is 0 Å². The van der Waals surface area contributed by atoms with Crippen LogP contribution >= 0.6 is 0 Å². The van der Waals surface area contributed by atoms with Crippen LogP contribution in [0.15, 0.2) is 46.3 Å². The number of aromatic amines is 1. The van der Waals surface area contributed by atoms with Gasteiger partial charge in [-0.15, -0.1) is 0 Å². The van der Waals surface area contributed by atoms with Crippen molar-refractivity contribution in [2.45, 2.75) is 11.8 Å². The fourth-order valence-corrected chi connectivity index (χ4v) is 2.14. The Bertz CT molecular complexity index is 704. The lowest BCUT2D eigenvalue weighted by Crippen LogP contribution is -2.13. The summed E-state index contributed by atoms with van der Waals surface area (Å²) < 4.78 is 28.4. The summed E-state index contributed by atoms with van der Waals surface area (Å²) in [5, 5.41) is 0. The minimum atomic E-state index is -3.96. The van der Waals surface area contributed by atoms with Gasteiger partial charge in [-0.2, -0.15) is 8.42 Å². The number of nitrogens with zero attached hydrogens (tertiary/aromatic N) is 1. The molecule has 1 N–H and O–H groups in total. The third-order valence-electron chi connectivity index (χ3n) is 2.16. The molecule has 0 saturated heterocycles. The van der Waals surface area contributed by atoms with E-state index in [9.17, 15) is 13.2 Å². The lowest BCUT2D eigenvalue weighted by atomic mass is 10.2. The summed E-state index contributed by atoms with van der Waals surface area (Å²) in [6, 6.07) is 7.13. The Hall–Kier alpha value is -2.15. The third-order valence-corrected chi connectivity index (χ3v) is 3.40. The van der Waals surface area contributed by atoms with Gasteiger partial charge in [0, 0.05) is 0 Å². The van der Waals surface area contributed by atoms with Crippen molar-refractivity contribution in [2.24, 2.45) is 0 Å². The molecule has 7 heteroatoms. The first-order chi connectivity index (χ1) is 8.47. The molecule has 18 heavy (non-hydrogen) atoms. The molecule has 1 heterocycles. The SMILES string of the molecule is Cc1ccc(S(=O)(=O)Oc2cc(=O)[nH]cn2)cc1. The van der Waals surface area contributed by atoms with E-state index in [2.05, 4.69) is 9.97 Å². The van der Waals surface area contributed by atoms with E-state index in [1.54, 1.807) is 12.1 Å². The van der Waals surface area contributed by atoms with E-state index >= 15 is 0 Å². The zero-order valence-electron chi connectivity index (χ0n) is 9.45.